The molecule has 0 spiro atoms. The normalized spacial score (nSPS) is 11.9. The Balaban J connectivity index is 2.48. The van der Waals surface area contributed by atoms with Crippen LogP contribution in [-0.2, 0) is 0 Å². The zero-order chi connectivity index (χ0) is 13.3. The van der Waals surface area contributed by atoms with Crippen LogP contribution in [-0.4, -0.2) is 5.84 Å². The highest BCUT2D eigenvalue weighted by Gasteiger charge is 2.11. The molecule has 0 saturated carbocycles. The standard InChI is InChI=1S/C11H6Cl3IN2O/c12-5-1-2-6(15)9(14)10(5)17-11(16)7-3-4-8(13)18-7/h1-4H,(H2,16,17). The molecule has 1 aromatic carbocycles. The SMILES string of the molecule is NC(=Nc1c(Cl)ccc(I)c1Cl)c1ccc(Cl)o1. The maximum atomic E-state index is 6.12. The maximum Gasteiger partial charge on any atom is 0.194 e. The molecule has 0 aliphatic rings. The Hall–Kier alpha value is -0.430. The van der Waals surface area contributed by atoms with Gasteiger partial charge in [0.25, 0.3) is 0 Å². The van der Waals surface area contributed by atoms with Crippen molar-refractivity contribution in [2.75, 3.05) is 0 Å². The lowest BCUT2D eigenvalue weighted by atomic mass is 10.3. The van der Waals surface area contributed by atoms with Crippen LogP contribution < -0.4 is 5.73 Å². The van der Waals surface area contributed by atoms with Gasteiger partial charge in [0.1, 0.15) is 5.69 Å². The molecule has 2 rings (SSSR count). The van der Waals surface area contributed by atoms with Crippen molar-refractivity contribution in [3.8, 4) is 0 Å². The molecule has 0 bridgehead atoms. The van der Waals surface area contributed by atoms with Gasteiger partial charge in [-0.3, -0.25) is 0 Å². The predicted molar refractivity (Wildman–Crippen MR) is 83.3 cm³/mol. The number of halogens is 4. The van der Waals surface area contributed by atoms with E-state index in [2.05, 4.69) is 27.6 Å². The molecule has 94 valence electrons. The molecule has 7 heteroatoms. The summed E-state index contributed by atoms with van der Waals surface area (Å²) in [4.78, 5) is 4.18. The van der Waals surface area contributed by atoms with E-state index in [1.807, 2.05) is 0 Å². The first kappa shape index (κ1) is 14.0. The van der Waals surface area contributed by atoms with Gasteiger partial charge in [-0.25, -0.2) is 4.99 Å². The largest absolute Gasteiger partial charge is 0.441 e. The minimum absolute atomic E-state index is 0.160. The Bertz CT molecular complexity index is 625. The Morgan fingerprint density at radius 1 is 1.17 bits per heavy atom. The van der Waals surface area contributed by atoms with Gasteiger partial charge in [-0.1, -0.05) is 23.2 Å². The first-order chi connectivity index (χ1) is 8.49. The molecule has 0 aliphatic carbocycles. The molecular formula is C11H6Cl3IN2O. The third-order valence-electron chi connectivity index (χ3n) is 2.08. The summed E-state index contributed by atoms with van der Waals surface area (Å²) in [6.45, 7) is 0. The van der Waals surface area contributed by atoms with Gasteiger partial charge in [0.05, 0.1) is 10.0 Å². The van der Waals surface area contributed by atoms with E-state index in [0.29, 0.717) is 21.5 Å². The van der Waals surface area contributed by atoms with Crippen molar-refractivity contribution in [3.05, 3.63) is 48.9 Å². The lowest BCUT2D eigenvalue weighted by Crippen LogP contribution is -2.11. The van der Waals surface area contributed by atoms with Crippen LogP contribution in [0.15, 0.2) is 33.7 Å². The number of hydrogen-bond donors (Lipinski definition) is 1. The van der Waals surface area contributed by atoms with Gasteiger partial charge in [0.2, 0.25) is 0 Å². The molecule has 0 radical (unpaired) electrons. The van der Waals surface area contributed by atoms with E-state index in [9.17, 15) is 0 Å². The number of rotatable bonds is 2. The molecule has 18 heavy (non-hydrogen) atoms. The molecule has 1 aromatic heterocycles. The second-order valence-electron chi connectivity index (χ2n) is 3.29. The molecule has 0 amide bonds. The molecule has 0 saturated heterocycles. The third-order valence-corrected chi connectivity index (χ3v) is 4.19. The highest BCUT2D eigenvalue weighted by Crippen LogP contribution is 2.36. The minimum Gasteiger partial charge on any atom is -0.441 e. The smallest absolute Gasteiger partial charge is 0.194 e. The summed E-state index contributed by atoms with van der Waals surface area (Å²) in [5.74, 6) is 0.527. The van der Waals surface area contributed by atoms with Crippen LogP contribution in [0.1, 0.15) is 5.76 Å². The fourth-order valence-electron chi connectivity index (χ4n) is 1.25. The van der Waals surface area contributed by atoms with E-state index >= 15 is 0 Å². The first-order valence-corrected chi connectivity index (χ1v) is 6.93. The summed E-state index contributed by atoms with van der Waals surface area (Å²) in [6.07, 6.45) is 0. The number of aliphatic imine (C=N–C) groups is 1. The third kappa shape index (κ3) is 2.93. The van der Waals surface area contributed by atoms with Crippen LogP contribution in [0.25, 0.3) is 0 Å². The number of furan rings is 1. The van der Waals surface area contributed by atoms with Crippen molar-refractivity contribution < 1.29 is 4.42 Å². The highest BCUT2D eigenvalue weighted by molar-refractivity contribution is 14.1. The zero-order valence-corrected chi connectivity index (χ0v) is 13.2. The number of nitrogens with zero attached hydrogens (tertiary/aromatic N) is 1. The zero-order valence-electron chi connectivity index (χ0n) is 8.75. The summed E-state index contributed by atoms with van der Waals surface area (Å²) in [6, 6.07) is 6.70. The van der Waals surface area contributed by atoms with Crippen molar-refractivity contribution in [2.45, 2.75) is 0 Å². The number of nitrogens with two attached hydrogens (primary N) is 1. The molecular weight excluding hydrogens is 409 g/mol. The monoisotopic (exact) mass is 414 g/mol. The number of benzene rings is 1. The topological polar surface area (TPSA) is 51.5 Å². The fourth-order valence-corrected chi connectivity index (χ4v) is 2.28. The molecule has 2 aromatic rings. The van der Waals surface area contributed by atoms with Crippen LogP contribution >= 0.6 is 57.4 Å². The Morgan fingerprint density at radius 3 is 2.50 bits per heavy atom. The molecule has 0 fully saturated rings. The summed E-state index contributed by atoms with van der Waals surface area (Å²) < 4.78 is 5.98. The summed E-state index contributed by atoms with van der Waals surface area (Å²) >= 11 is 19.9. The summed E-state index contributed by atoms with van der Waals surface area (Å²) in [5.41, 5.74) is 6.22. The minimum atomic E-state index is 0.160. The summed E-state index contributed by atoms with van der Waals surface area (Å²) in [7, 11) is 0. The predicted octanol–water partition coefficient (Wildman–Crippen LogP) is 4.88. The molecule has 2 N–H and O–H groups in total. The molecule has 1 heterocycles. The Kier molecular flexibility index (Phi) is 4.42. The van der Waals surface area contributed by atoms with Crippen molar-refractivity contribution in [1.29, 1.82) is 0 Å². The van der Waals surface area contributed by atoms with E-state index < -0.39 is 0 Å². The maximum absolute atomic E-state index is 6.12. The van der Waals surface area contributed by atoms with Crippen LogP contribution in [0.2, 0.25) is 15.3 Å². The lowest BCUT2D eigenvalue weighted by Gasteiger charge is -2.04. The average molecular weight is 415 g/mol. The molecule has 0 atom stereocenters. The summed E-state index contributed by atoms with van der Waals surface area (Å²) in [5, 5.41) is 1.10. The van der Waals surface area contributed by atoms with Gasteiger partial charge in [0, 0.05) is 3.57 Å². The van der Waals surface area contributed by atoms with Gasteiger partial charge >= 0.3 is 0 Å². The molecule has 0 unspecified atom stereocenters. The van der Waals surface area contributed by atoms with Crippen molar-refractivity contribution in [2.24, 2.45) is 10.7 Å². The quantitative estimate of drug-likeness (QED) is 0.329. The van der Waals surface area contributed by atoms with Crippen molar-refractivity contribution >= 4 is 68.9 Å². The molecule has 3 nitrogen and oxygen atoms in total. The first-order valence-electron chi connectivity index (χ1n) is 4.72. The van der Waals surface area contributed by atoms with E-state index in [0.717, 1.165) is 3.57 Å². The highest BCUT2D eigenvalue weighted by atomic mass is 127. The van der Waals surface area contributed by atoms with Crippen molar-refractivity contribution in [3.63, 3.8) is 0 Å². The van der Waals surface area contributed by atoms with E-state index in [1.165, 1.54) is 0 Å². The Labute approximate surface area is 132 Å². The Morgan fingerprint density at radius 2 is 1.89 bits per heavy atom. The average Bonchev–Trinajstić information content (AvgIpc) is 2.76. The lowest BCUT2D eigenvalue weighted by molar-refractivity contribution is 0.559. The second kappa shape index (κ2) is 5.69. The van der Waals surface area contributed by atoms with Gasteiger partial charge in [-0.2, -0.15) is 0 Å². The van der Waals surface area contributed by atoms with E-state index in [-0.39, 0.29) is 11.1 Å². The van der Waals surface area contributed by atoms with Gasteiger partial charge in [-0.15, -0.1) is 0 Å². The number of amidine groups is 1. The van der Waals surface area contributed by atoms with Crippen LogP contribution in [0.3, 0.4) is 0 Å². The van der Waals surface area contributed by atoms with Gasteiger partial charge in [-0.05, 0) is 58.5 Å². The van der Waals surface area contributed by atoms with Gasteiger partial charge in [0.15, 0.2) is 16.8 Å². The van der Waals surface area contributed by atoms with Crippen molar-refractivity contribution in [1.82, 2.24) is 0 Å². The van der Waals surface area contributed by atoms with E-state index in [1.54, 1.807) is 24.3 Å². The number of hydrogen-bond acceptors (Lipinski definition) is 2. The van der Waals surface area contributed by atoms with Gasteiger partial charge < -0.3 is 10.2 Å². The van der Waals surface area contributed by atoms with E-state index in [4.69, 9.17) is 45.0 Å². The van der Waals surface area contributed by atoms with Crippen LogP contribution in [0.5, 0.6) is 0 Å². The molecule has 0 aliphatic heterocycles. The second-order valence-corrected chi connectivity index (χ2v) is 5.61. The fraction of sp³-hybridized carbons (Fsp3) is 0. The van der Waals surface area contributed by atoms with Crippen LogP contribution in [0, 0.1) is 3.57 Å². The van der Waals surface area contributed by atoms with Crippen LogP contribution in [0.4, 0.5) is 5.69 Å².